The summed E-state index contributed by atoms with van der Waals surface area (Å²) in [5, 5.41) is 15.5. The molecule has 116 valence electrons. The van der Waals surface area contributed by atoms with Crippen LogP contribution < -0.4 is 10.6 Å². The van der Waals surface area contributed by atoms with E-state index in [-0.39, 0.29) is 12.5 Å². The molecule has 2 atom stereocenters. The number of rotatable bonds is 5. The van der Waals surface area contributed by atoms with Crippen molar-refractivity contribution in [2.45, 2.75) is 32.8 Å². The number of halogens is 1. The predicted molar refractivity (Wildman–Crippen MR) is 83.2 cm³/mol. The van der Waals surface area contributed by atoms with Gasteiger partial charge in [0, 0.05) is 17.3 Å². The Hall–Kier alpha value is -1.59. The van der Waals surface area contributed by atoms with Gasteiger partial charge in [-0.15, -0.1) is 0 Å². The molecule has 6 heteroatoms. The van der Waals surface area contributed by atoms with E-state index < -0.39 is 17.4 Å². The van der Waals surface area contributed by atoms with Gasteiger partial charge >= 0.3 is 11.8 Å². The smallest absolute Gasteiger partial charge is 0.313 e. The lowest BCUT2D eigenvalue weighted by Crippen LogP contribution is -2.47. The molecule has 1 rings (SSSR count). The molecule has 0 bridgehead atoms. The van der Waals surface area contributed by atoms with Crippen molar-refractivity contribution >= 4 is 29.1 Å². The van der Waals surface area contributed by atoms with E-state index in [1.807, 2.05) is 13.8 Å². The minimum atomic E-state index is -1.05. The van der Waals surface area contributed by atoms with E-state index in [1.54, 1.807) is 31.2 Å². The second-order valence-electron chi connectivity index (χ2n) is 5.31. The van der Waals surface area contributed by atoms with Gasteiger partial charge in [-0.05, 0) is 31.0 Å². The zero-order valence-corrected chi connectivity index (χ0v) is 13.2. The average Bonchev–Trinajstić information content (AvgIpc) is 2.43. The van der Waals surface area contributed by atoms with Crippen LogP contribution in [-0.4, -0.2) is 29.1 Å². The van der Waals surface area contributed by atoms with Gasteiger partial charge in [0.05, 0.1) is 5.60 Å². The molecular formula is C15H21ClN2O3. The number of hydrogen-bond donors (Lipinski definition) is 3. The monoisotopic (exact) mass is 312 g/mol. The van der Waals surface area contributed by atoms with E-state index in [2.05, 4.69) is 10.6 Å². The standard InChI is InChI=1S/C15H21ClN2O3/c1-4-10(2)15(3,21)9-17-13(19)14(20)18-12-7-5-6-11(16)8-12/h5-8,10,21H,4,9H2,1-3H3,(H,17,19)(H,18,20). The number of anilines is 1. The predicted octanol–water partition coefficient (Wildman–Crippen LogP) is 2.19. The summed E-state index contributed by atoms with van der Waals surface area (Å²) in [4.78, 5) is 23.5. The summed E-state index contributed by atoms with van der Waals surface area (Å²) in [6.45, 7) is 5.49. The minimum Gasteiger partial charge on any atom is -0.388 e. The minimum absolute atomic E-state index is 0.00814. The number of nitrogens with one attached hydrogen (secondary N) is 2. The van der Waals surface area contributed by atoms with E-state index in [4.69, 9.17) is 11.6 Å². The zero-order valence-electron chi connectivity index (χ0n) is 12.4. The van der Waals surface area contributed by atoms with Crippen LogP contribution in [0.5, 0.6) is 0 Å². The molecule has 21 heavy (non-hydrogen) atoms. The van der Waals surface area contributed by atoms with Gasteiger partial charge in [0.2, 0.25) is 0 Å². The topological polar surface area (TPSA) is 78.4 Å². The second kappa shape index (κ2) is 7.43. The van der Waals surface area contributed by atoms with Crippen LogP contribution in [0.4, 0.5) is 5.69 Å². The Kier molecular flexibility index (Phi) is 6.18. The second-order valence-corrected chi connectivity index (χ2v) is 5.75. The van der Waals surface area contributed by atoms with Crippen molar-refractivity contribution < 1.29 is 14.7 Å². The Bertz CT molecular complexity index is 517. The van der Waals surface area contributed by atoms with Gasteiger partial charge in [0.15, 0.2) is 0 Å². The Balaban J connectivity index is 2.54. The first-order valence-corrected chi connectivity index (χ1v) is 7.21. The van der Waals surface area contributed by atoms with Gasteiger partial charge in [-0.3, -0.25) is 9.59 Å². The SMILES string of the molecule is CCC(C)C(C)(O)CNC(=O)C(=O)Nc1cccc(Cl)c1. The van der Waals surface area contributed by atoms with Crippen molar-refractivity contribution in [1.29, 1.82) is 0 Å². The maximum absolute atomic E-state index is 11.7. The lowest BCUT2D eigenvalue weighted by molar-refractivity contribution is -0.137. The molecule has 0 saturated carbocycles. The van der Waals surface area contributed by atoms with Crippen LogP contribution >= 0.6 is 11.6 Å². The van der Waals surface area contributed by atoms with Gasteiger partial charge in [-0.1, -0.05) is 37.9 Å². The summed E-state index contributed by atoms with van der Waals surface area (Å²) in [5.41, 5.74) is -0.614. The molecule has 3 N–H and O–H groups in total. The molecule has 0 aliphatic heterocycles. The Morgan fingerprint density at radius 2 is 2.05 bits per heavy atom. The summed E-state index contributed by atoms with van der Waals surface area (Å²) in [7, 11) is 0. The highest BCUT2D eigenvalue weighted by Crippen LogP contribution is 2.19. The van der Waals surface area contributed by atoms with Crippen molar-refractivity contribution in [3.8, 4) is 0 Å². The lowest BCUT2D eigenvalue weighted by atomic mass is 9.89. The van der Waals surface area contributed by atoms with Crippen LogP contribution in [0.15, 0.2) is 24.3 Å². The van der Waals surface area contributed by atoms with Crippen molar-refractivity contribution in [3.63, 3.8) is 0 Å². The lowest BCUT2D eigenvalue weighted by Gasteiger charge is -2.29. The van der Waals surface area contributed by atoms with E-state index >= 15 is 0 Å². The molecule has 0 aliphatic carbocycles. The third kappa shape index (κ3) is 5.36. The third-order valence-electron chi connectivity index (χ3n) is 3.57. The van der Waals surface area contributed by atoms with Crippen LogP contribution in [-0.2, 0) is 9.59 Å². The first-order chi connectivity index (χ1) is 9.76. The van der Waals surface area contributed by atoms with Gasteiger partial charge in [-0.25, -0.2) is 0 Å². The summed E-state index contributed by atoms with van der Waals surface area (Å²) in [5.74, 6) is -1.58. The van der Waals surface area contributed by atoms with Crippen molar-refractivity contribution in [2.24, 2.45) is 5.92 Å². The first-order valence-electron chi connectivity index (χ1n) is 6.83. The highest BCUT2D eigenvalue weighted by Gasteiger charge is 2.28. The van der Waals surface area contributed by atoms with Gasteiger partial charge < -0.3 is 15.7 Å². The molecule has 2 unspecified atom stereocenters. The van der Waals surface area contributed by atoms with Crippen LogP contribution in [0.2, 0.25) is 5.02 Å². The average molecular weight is 313 g/mol. The molecule has 0 spiro atoms. The number of aliphatic hydroxyl groups is 1. The maximum Gasteiger partial charge on any atom is 0.313 e. The highest BCUT2D eigenvalue weighted by atomic mass is 35.5. The summed E-state index contributed by atoms with van der Waals surface area (Å²) < 4.78 is 0. The van der Waals surface area contributed by atoms with E-state index in [1.165, 1.54) is 0 Å². The van der Waals surface area contributed by atoms with Crippen LogP contribution in [0.25, 0.3) is 0 Å². The number of amides is 2. The van der Waals surface area contributed by atoms with Gasteiger partial charge in [0.25, 0.3) is 0 Å². The van der Waals surface area contributed by atoms with Gasteiger partial charge in [-0.2, -0.15) is 0 Å². The fourth-order valence-electron chi connectivity index (χ4n) is 1.71. The quantitative estimate of drug-likeness (QED) is 0.729. The van der Waals surface area contributed by atoms with Crippen LogP contribution in [0.3, 0.4) is 0 Å². The molecule has 0 fully saturated rings. The van der Waals surface area contributed by atoms with Crippen molar-refractivity contribution in [1.82, 2.24) is 5.32 Å². The molecule has 0 saturated heterocycles. The molecule has 0 heterocycles. The summed E-state index contributed by atoms with van der Waals surface area (Å²) in [6.07, 6.45) is 0.775. The fraction of sp³-hybridized carbons (Fsp3) is 0.467. The Morgan fingerprint density at radius 1 is 1.38 bits per heavy atom. The summed E-state index contributed by atoms with van der Waals surface area (Å²) in [6, 6.07) is 6.51. The number of carbonyl (C=O) groups is 2. The molecule has 1 aromatic carbocycles. The number of benzene rings is 1. The van der Waals surface area contributed by atoms with Crippen LogP contribution in [0, 0.1) is 5.92 Å². The van der Waals surface area contributed by atoms with E-state index in [0.717, 1.165) is 6.42 Å². The molecule has 1 aromatic rings. The van der Waals surface area contributed by atoms with Crippen LogP contribution in [0.1, 0.15) is 27.2 Å². The first kappa shape index (κ1) is 17.5. The zero-order chi connectivity index (χ0) is 16.0. The molecular weight excluding hydrogens is 292 g/mol. The van der Waals surface area contributed by atoms with E-state index in [0.29, 0.717) is 10.7 Å². The Morgan fingerprint density at radius 3 is 2.62 bits per heavy atom. The Labute approximate surface area is 129 Å². The number of carbonyl (C=O) groups excluding carboxylic acids is 2. The largest absolute Gasteiger partial charge is 0.388 e. The van der Waals surface area contributed by atoms with Gasteiger partial charge in [0.1, 0.15) is 0 Å². The highest BCUT2D eigenvalue weighted by molar-refractivity contribution is 6.39. The van der Waals surface area contributed by atoms with Crippen molar-refractivity contribution in [3.05, 3.63) is 29.3 Å². The molecule has 0 radical (unpaired) electrons. The molecule has 0 aliphatic rings. The van der Waals surface area contributed by atoms with Crippen molar-refractivity contribution in [2.75, 3.05) is 11.9 Å². The number of hydrogen-bond acceptors (Lipinski definition) is 3. The normalized spacial score (nSPS) is 14.9. The fourth-order valence-corrected chi connectivity index (χ4v) is 1.90. The maximum atomic E-state index is 11.7. The molecule has 5 nitrogen and oxygen atoms in total. The van der Waals surface area contributed by atoms with E-state index in [9.17, 15) is 14.7 Å². The summed E-state index contributed by atoms with van der Waals surface area (Å²) >= 11 is 5.79. The third-order valence-corrected chi connectivity index (χ3v) is 3.80. The molecule has 2 amide bonds. The molecule has 0 aromatic heterocycles.